The van der Waals surface area contributed by atoms with Gasteiger partial charge in [0, 0.05) is 29.5 Å². The molecule has 0 aliphatic carbocycles. The number of pyridine rings is 1. The summed E-state index contributed by atoms with van der Waals surface area (Å²) in [4.78, 5) is 23.0. The molecule has 0 spiro atoms. The summed E-state index contributed by atoms with van der Waals surface area (Å²) in [6, 6.07) is 12.5. The summed E-state index contributed by atoms with van der Waals surface area (Å²) in [5, 5.41) is 10.9. The lowest BCUT2D eigenvalue weighted by Gasteiger charge is -2.06. The van der Waals surface area contributed by atoms with Gasteiger partial charge >= 0.3 is 5.22 Å². The minimum Gasteiger partial charge on any atom is -0.494 e. The normalized spacial score (nSPS) is 11.4. The molecule has 0 bridgehead atoms. The smallest absolute Gasteiger partial charge is 0.308 e. The highest BCUT2D eigenvalue weighted by molar-refractivity contribution is 7.83. The average molecular weight is 471 g/mol. The van der Waals surface area contributed by atoms with Crippen molar-refractivity contribution in [2.45, 2.75) is 36.7 Å². The van der Waals surface area contributed by atoms with E-state index in [1.54, 1.807) is 42.6 Å². The first-order valence-corrected chi connectivity index (χ1v) is 11.5. The minimum absolute atomic E-state index is 0.0463. The van der Waals surface area contributed by atoms with Gasteiger partial charge in [0.2, 0.25) is 5.89 Å². The van der Waals surface area contributed by atoms with Crippen molar-refractivity contribution in [2.24, 2.45) is 5.28 Å². The van der Waals surface area contributed by atoms with Gasteiger partial charge in [-0.05, 0) is 54.8 Å². The van der Waals surface area contributed by atoms with Crippen LogP contribution in [0, 0.1) is 0 Å². The highest BCUT2D eigenvalue weighted by atomic mass is 32.2. The molecule has 172 valence electrons. The van der Waals surface area contributed by atoms with E-state index in [9.17, 15) is 9.00 Å². The highest BCUT2D eigenvalue weighted by Crippen LogP contribution is 2.23. The minimum atomic E-state index is -1.49. The van der Waals surface area contributed by atoms with Crippen LogP contribution in [0.5, 0.6) is 5.75 Å². The van der Waals surface area contributed by atoms with Crippen molar-refractivity contribution in [1.29, 1.82) is 0 Å². The molecule has 1 unspecified atom stereocenters. The second-order valence-corrected chi connectivity index (χ2v) is 8.14. The zero-order valence-corrected chi connectivity index (χ0v) is 18.5. The lowest BCUT2D eigenvalue weighted by atomic mass is 10.1. The molecule has 0 aliphatic heterocycles. The fraction of sp³-hybridized carbons (Fsp3) is 0.333. The Kier molecular flexibility index (Phi) is 9.37. The fourth-order valence-electron chi connectivity index (χ4n) is 2.78. The van der Waals surface area contributed by atoms with E-state index in [2.05, 4.69) is 30.2 Å². The SMILES string of the molecule is [N-]=[N+]=NOCCCC(=O)CCCOc1ccc(-c2nnc(S(=O)Cc3ccccn3)o2)cc1. The van der Waals surface area contributed by atoms with Crippen molar-refractivity contribution in [3.05, 3.63) is 64.8 Å². The molecule has 0 radical (unpaired) electrons. The molecule has 2 heterocycles. The largest absolute Gasteiger partial charge is 0.494 e. The first-order chi connectivity index (χ1) is 16.2. The Labute approximate surface area is 192 Å². The van der Waals surface area contributed by atoms with Crippen molar-refractivity contribution in [3.8, 4) is 17.2 Å². The summed E-state index contributed by atoms with van der Waals surface area (Å²) in [5.74, 6) is 1.21. The van der Waals surface area contributed by atoms with Crippen molar-refractivity contribution < 1.29 is 23.0 Å². The van der Waals surface area contributed by atoms with Gasteiger partial charge in [-0.1, -0.05) is 11.2 Å². The van der Waals surface area contributed by atoms with Crippen LogP contribution < -0.4 is 4.74 Å². The summed E-state index contributed by atoms with van der Waals surface area (Å²) >= 11 is 0. The van der Waals surface area contributed by atoms with Gasteiger partial charge in [0.05, 0.1) is 24.7 Å². The molecule has 0 N–H and O–H groups in total. The van der Waals surface area contributed by atoms with Crippen LogP contribution in [0.25, 0.3) is 21.9 Å². The molecule has 0 saturated carbocycles. The third-order valence-corrected chi connectivity index (χ3v) is 5.47. The van der Waals surface area contributed by atoms with Crippen LogP contribution in [-0.2, 0) is 26.2 Å². The maximum atomic E-state index is 12.4. The van der Waals surface area contributed by atoms with Crippen LogP contribution in [-0.4, -0.2) is 38.4 Å². The Hall–Kier alpha value is -3.76. The second kappa shape index (κ2) is 12.9. The van der Waals surface area contributed by atoms with E-state index in [4.69, 9.17) is 14.7 Å². The summed E-state index contributed by atoms with van der Waals surface area (Å²) < 4.78 is 23.6. The zero-order valence-electron chi connectivity index (χ0n) is 17.7. The van der Waals surface area contributed by atoms with Crippen LogP contribution in [0.4, 0.5) is 0 Å². The number of ether oxygens (including phenoxy) is 1. The highest BCUT2D eigenvalue weighted by Gasteiger charge is 2.15. The third kappa shape index (κ3) is 8.02. The zero-order chi connectivity index (χ0) is 23.3. The van der Waals surface area contributed by atoms with Crippen molar-refractivity contribution in [2.75, 3.05) is 13.2 Å². The summed E-state index contributed by atoms with van der Waals surface area (Å²) in [6.07, 6.45) is 3.51. The number of rotatable bonds is 14. The fourth-order valence-corrected chi connectivity index (χ4v) is 3.64. The average Bonchev–Trinajstić information content (AvgIpc) is 3.33. The Bertz CT molecular complexity index is 1100. The predicted octanol–water partition coefficient (Wildman–Crippen LogP) is 4.19. The number of hydrogen-bond acceptors (Lipinski definition) is 9. The lowest BCUT2D eigenvalue weighted by Crippen LogP contribution is -2.04. The number of nitrogens with zero attached hydrogens (tertiary/aromatic N) is 6. The number of aromatic nitrogens is 3. The molecule has 0 saturated heterocycles. The van der Waals surface area contributed by atoms with Crippen molar-refractivity contribution >= 4 is 16.6 Å². The molecular formula is C21H22N6O5S. The molecule has 33 heavy (non-hydrogen) atoms. The van der Waals surface area contributed by atoms with Crippen LogP contribution in [0.3, 0.4) is 0 Å². The molecule has 2 aromatic heterocycles. The van der Waals surface area contributed by atoms with Crippen molar-refractivity contribution in [1.82, 2.24) is 15.2 Å². The van der Waals surface area contributed by atoms with Crippen LogP contribution in [0.1, 0.15) is 31.4 Å². The quantitative estimate of drug-likeness (QED) is 0.112. The number of benzene rings is 1. The first kappa shape index (κ1) is 23.9. The Morgan fingerprint density at radius 3 is 2.61 bits per heavy atom. The second-order valence-electron chi connectivity index (χ2n) is 6.81. The molecule has 1 atom stereocenters. The Morgan fingerprint density at radius 1 is 1.09 bits per heavy atom. The van der Waals surface area contributed by atoms with E-state index in [0.717, 1.165) is 0 Å². The van der Waals surface area contributed by atoms with Gasteiger partial charge in [0.25, 0.3) is 0 Å². The maximum absolute atomic E-state index is 12.4. The topological polar surface area (TPSA) is 153 Å². The Morgan fingerprint density at radius 2 is 1.88 bits per heavy atom. The van der Waals surface area contributed by atoms with E-state index in [0.29, 0.717) is 49.3 Å². The van der Waals surface area contributed by atoms with Crippen molar-refractivity contribution in [3.63, 3.8) is 0 Å². The van der Waals surface area contributed by atoms with Gasteiger partial charge in [-0.15, -0.1) is 5.10 Å². The Balaban J connectivity index is 1.41. The summed E-state index contributed by atoms with van der Waals surface area (Å²) in [5.41, 5.74) is 9.43. The number of azide groups is 1. The molecule has 3 rings (SSSR count). The summed E-state index contributed by atoms with van der Waals surface area (Å²) in [7, 11) is -1.49. The lowest BCUT2D eigenvalue weighted by molar-refractivity contribution is -0.119. The standard InChI is InChI=1S/C21H22N6O5S/c22-26-27-31-14-4-7-18(28)6-3-13-30-19-10-8-16(9-11-19)20-24-25-21(32-20)33(29)15-17-5-1-2-12-23-17/h1-2,5,8-12H,3-4,6-7,13-15H2. The number of carbonyl (C=O) groups excluding carboxylic acids is 1. The predicted molar refractivity (Wildman–Crippen MR) is 118 cm³/mol. The van der Waals surface area contributed by atoms with E-state index in [-0.39, 0.29) is 29.3 Å². The van der Waals surface area contributed by atoms with E-state index in [1.165, 1.54) is 0 Å². The van der Waals surface area contributed by atoms with Gasteiger partial charge in [-0.25, -0.2) is 4.21 Å². The number of ketones is 1. The monoisotopic (exact) mass is 470 g/mol. The van der Waals surface area contributed by atoms with E-state index < -0.39 is 10.8 Å². The van der Waals surface area contributed by atoms with Gasteiger partial charge in [0.1, 0.15) is 27.6 Å². The molecule has 11 nitrogen and oxygen atoms in total. The van der Waals surface area contributed by atoms with Gasteiger partial charge < -0.3 is 14.0 Å². The molecule has 12 heteroatoms. The van der Waals surface area contributed by atoms with Gasteiger partial charge in [-0.2, -0.15) is 0 Å². The van der Waals surface area contributed by atoms with E-state index >= 15 is 0 Å². The number of carbonyl (C=O) groups is 1. The molecule has 0 amide bonds. The molecular weight excluding hydrogens is 448 g/mol. The first-order valence-electron chi connectivity index (χ1n) is 10.2. The van der Waals surface area contributed by atoms with Gasteiger partial charge in [0.15, 0.2) is 0 Å². The third-order valence-electron chi connectivity index (χ3n) is 4.36. The van der Waals surface area contributed by atoms with Crippen LogP contribution in [0.2, 0.25) is 0 Å². The van der Waals surface area contributed by atoms with Crippen LogP contribution >= 0.6 is 0 Å². The maximum Gasteiger partial charge on any atom is 0.308 e. The van der Waals surface area contributed by atoms with E-state index in [1.807, 2.05) is 6.07 Å². The molecule has 0 aliphatic rings. The molecule has 1 aromatic carbocycles. The summed E-state index contributed by atoms with van der Waals surface area (Å²) in [6.45, 7) is 0.623. The van der Waals surface area contributed by atoms with Crippen LogP contribution in [0.15, 0.2) is 63.6 Å². The molecule has 3 aromatic rings. The van der Waals surface area contributed by atoms with Gasteiger partial charge in [-0.3, -0.25) is 9.78 Å². The number of hydrogen-bond donors (Lipinski definition) is 0. The molecule has 0 fully saturated rings. The number of Topliss-reactive ketones (excluding diaryl/α,β-unsaturated/α-hetero) is 1.